The van der Waals surface area contributed by atoms with Crippen molar-refractivity contribution in [1.82, 2.24) is 14.9 Å². The highest BCUT2D eigenvalue weighted by atomic mass is 19.1. The van der Waals surface area contributed by atoms with Crippen LogP contribution in [0.1, 0.15) is 29.6 Å². The van der Waals surface area contributed by atoms with E-state index in [9.17, 15) is 9.50 Å². The molecule has 2 aromatic rings. The SMILES string of the molecule is C=CCOC[C@H](O)CN1CCN(c2nc(C)nc(CC)c2Cc2ccc(F)cc2)CC1. The molecule has 1 atom stereocenters. The van der Waals surface area contributed by atoms with Crippen LogP contribution < -0.4 is 4.90 Å². The van der Waals surface area contributed by atoms with E-state index in [0.29, 0.717) is 26.2 Å². The highest BCUT2D eigenvalue weighted by molar-refractivity contribution is 5.52. The van der Waals surface area contributed by atoms with Crippen molar-refractivity contribution in [2.24, 2.45) is 0 Å². The molecule has 1 aliphatic heterocycles. The number of anilines is 1. The van der Waals surface area contributed by atoms with Crippen molar-refractivity contribution in [3.05, 3.63) is 65.4 Å². The van der Waals surface area contributed by atoms with Gasteiger partial charge in [-0.1, -0.05) is 25.1 Å². The molecule has 6 nitrogen and oxygen atoms in total. The van der Waals surface area contributed by atoms with Crippen LogP contribution in [0.15, 0.2) is 36.9 Å². The van der Waals surface area contributed by atoms with E-state index in [1.54, 1.807) is 6.08 Å². The maximum absolute atomic E-state index is 13.3. The van der Waals surface area contributed by atoms with Crippen LogP contribution in [-0.2, 0) is 17.6 Å². The molecule has 2 heterocycles. The van der Waals surface area contributed by atoms with E-state index in [4.69, 9.17) is 9.72 Å². The van der Waals surface area contributed by atoms with Crippen molar-refractivity contribution < 1.29 is 14.2 Å². The number of aromatic nitrogens is 2. The molecule has 0 amide bonds. The van der Waals surface area contributed by atoms with Crippen LogP contribution in [0.3, 0.4) is 0 Å². The number of halogens is 1. The van der Waals surface area contributed by atoms with Crippen molar-refractivity contribution in [2.45, 2.75) is 32.8 Å². The zero-order valence-electron chi connectivity index (χ0n) is 18.6. The fourth-order valence-electron chi connectivity index (χ4n) is 3.96. The Bertz CT molecular complexity index is 851. The largest absolute Gasteiger partial charge is 0.389 e. The number of hydrogen-bond acceptors (Lipinski definition) is 6. The third kappa shape index (κ3) is 6.56. The molecule has 1 aliphatic rings. The number of rotatable bonds is 10. The minimum atomic E-state index is -0.506. The standard InChI is InChI=1S/C24H33FN4O2/c1-4-14-31-17-21(30)16-28-10-12-29(13-11-28)24-22(23(5-2)26-18(3)27-24)15-19-6-8-20(25)9-7-19/h4,6-9,21,30H,1,5,10-17H2,2-3H3/t21-/m1/s1. The van der Waals surface area contributed by atoms with Crippen LogP contribution in [0.5, 0.6) is 0 Å². The van der Waals surface area contributed by atoms with Crippen molar-refractivity contribution in [1.29, 1.82) is 0 Å². The zero-order chi connectivity index (χ0) is 22.2. The topological polar surface area (TPSA) is 61.7 Å². The first-order valence-electron chi connectivity index (χ1n) is 10.9. The number of aryl methyl sites for hydroxylation is 2. The minimum Gasteiger partial charge on any atom is -0.389 e. The molecule has 1 N–H and O–H groups in total. The smallest absolute Gasteiger partial charge is 0.136 e. The Morgan fingerprint density at radius 3 is 2.55 bits per heavy atom. The van der Waals surface area contributed by atoms with E-state index < -0.39 is 6.10 Å². The van der Waals surface area contributed by atoms with Crippen LogP contribution in [0.2, 0.25) is 0 Å². The number of ether oxygens (including phenoxy) is 1. The second kappa shape index (κ2) is 11.3. The number of hydrogen-bond donors (Lipinski definition) is 1. The molecule has 7 heteroatoms. The van der Waals surface area contributed by atoms with Gasteiger partial charge in [0.15, 0.2) is 0 Å². The van der Waals surface area contributed by atoms with Crippen LogP contribution in [0, 0.1) is 12.7 Å². The van der Waals surface area contributed by atoms with Gasteiger partial charge in [-0.15, -0.1) is 6.58 Å². The van der Waals surface area contributed by atoms with Crippen molar-refractivity contribution in [3.63, 3.8) is 0 Å². The molecule has 0 saturated carbocycles. The first-order valence-corrected chi connectivity index (χ1v) is 10.9. The molecule has 168 valence electrons. The maximum atomic E-state index is 13.3. The monoisotopic (exact) mass is 428 g/mol. The van der Waals surface area contributed by atoms with Gasteiger partial charge >= 0.3 is 0 Å². The van der Waals surface area contributed by atoms with Crippen molar-refractivity contribution >= 4 is 5.82 Å². The molecule has 3 rings (SSSR count). The van der Waals surface area contributed by atoms with Crippen LogP contribution >= 0.6 is 0 Å². The van der Waals surface area contributed by atoms with E-state index in [1.807, 2.05) is 19.1 Å². The summed E-state index contributed by atoms with van der Waals surface area (Å²) in [6, 6.07) is 6.65. The summed E-state index contributed by atoms with van der Waals surface area (Å²) in [5.74, 6) is 1.52. The summed E-state index contributed by atoms with van der Waals surface area (Å²) >= 11 is 0. The van der Waals surface area contributed by atoms with E-state index >= 15 is 0 Å². The lowest BCUT2D eigenvalue weighted by Gasteiger charge is -2.37. The van der Waals surface area contributed by atoms with Crippen LogP contribution in [-0.4, -0.2) is 72.0 Å². The summed E-state index contributed by atoms with van der Waals surface area (Å²) in [6.45, 7) is 12.4. The van der Waals surface area contributed by atoms with Crippen LogP contribution in [0.25, 0.3) is 0 Å². The number of β-amino-alcohol motifs (C(OH)–C–C–N with tert-alkyl or cyclic N) is 1. The summed E-state index contributed by atoms with van der Waals surface area (Å²) in [6.07, 6.45) is 2.68. The molecule has 1 aromatic heterocycles. The van der Waals surface area contributed by atoms with Gasteiger partial charge in [-0.05, 0) is 31.0 Å². The molecule has 0 unspecified atom stereocenters. The molecule has 1 fully saturated rings. The second-order valence-corrected chi connectivity index (χ2v) is 7.94. The molecule has 31 heavy (non-hydrogen) atoms. The second-order valence-electron chi connectivity index (χ2n) is 7.94. The van der Waals surface area contributed by atoms with Gasteiger partial charge in [0.25, 0.3) is 0 Å². The first kappa shape index (κ1) is 23.3. The number of nitrogens with zero attached hydrogens (tertiary/aromatic N) is 4. The van der Waals surface area contributed by atoms with E-state index in [0.717, 1.165) is 61.1 Å². The zero-order valence-corrected chi connectivity index (χ0v) is 18.6. The van der Waals surface area contributed by atoms with Gasteiger partial charge in [0.1, 0.15) is 17.5 Å². The molecule has 0 bridgehead atoms. The average molecular weight is 429 g/mol. The number of aliphatic hydroxyl groups is 1. The lowest BCUT2D eigenvalue weighted by atomic mass is 10.0. The molecule has 1 aromatic carbocycles. The molecule has 0 aliphatic carbocycles. The summed E-state index contributed by atoms with van der Waals surface area (Å²) < 4.78 is 18.7. The average Bonchev–Trinajstić information content (AvgIpc) is 2.77. The van der Waals surface area contributed by atoms with Gasteiger partial charge in [0, 0.05) is 50.4 Å². The van der Waals surface area contributed by atoms with Gasteiger partial charge in [-0.3, -0.25) is 4.90 Å². The van der Waals surface area contributed by atoms with Crippen LogP contribution in [0.4, 0.5) is 10.2 Å². The lowest BCUT2D eigenvalue weighted by Crippen LogP contribution is -2.49. The Hall–Kier alpha value is -2.35. The van der Waals surface area contributed by atoms with E-state index in [1.165, 1.54) is 12.1 Å². The Labute approximate surface area is 184 Å². The quantitative estimate of drug-likeness (QED) is 0.464. The fourth-order valence-corrected chi connectivity index (χ4v) is 3.96. The molecular weight excluding hydrogens is 395 g/mol. The Balaban J connectivity index is 1.70. The molecule has 1 saturated heterocycles. The normalized spacial score (nSPS) is 15.8. The van der Waals surface area contributed by atoms with Gasteiger partial charge in [-0.25, -0.2) is 14.4 Å². The third-order valence-corrected chi connectivity index (χ3v) is 5.50. The Kier molecular flexibility index (Phi) is 8.51. The van der Waals surface area contributed by atoms with Gasteiger partial charge < -0.3 is 14.7 Å². The third-order valence-electron chi connectivity index (χ3n) is 5.50. The lowest BCUT2D eigenvalue weighted by molar-refractivity contribution is 0.0252. The summed E-state index contributed by atoms with van der Waals surface area (Å²) in [4.78, 5) is 14.0. The fraction of sp³-hybridized carbons (Fsp3) is 0.500. The predicted molar refractivity (Wildman–Crippen MR) is 121 cm³/mol. The molecule has 0 radical (unpaired) electrons. The maximum Gasteiger partial charge on any atom is 0.136 e. The number of benzene rings is 1. The first-order chi connectivity index (χ1) is 15.0. The van der Waals surface area contributed by atoms with Crippen molar-refractivity contribution in [3.8, 4) is 0 Å². The van der Waals surface area contributed by atoms with E-state index in [-0.39, 0.29) is 5.82 Å². The van der Waals surface area contributed by atoms with Gasteiger partial charge in [0.2, 0.25) is 0 Å². The predicted octanol–water partition coefficient (Wildman–Crippen LogP) is 2.76. The van der Waals surface area contributed by atoms with Crippen molar-refractivity contribution in [2.75, 3.05) is 50.8 Å². The van der Waals surface area contributed by atoms with E-state index in [2.05, 4.69) is 28.3 Å². The number of piperazine rings is 1. The summed E-state index contributed by atoms with van der Waals surface area (Å²) in [5, 5.41) is 10.2. The molecular formula is C24H33FN4O2. The highest BCUT2D eigenvalue weighted by Gasteiger charge is 2.24. The molecule has 0 spiro atoms. The minimum absolute atomic E-state index is 0.229. The van der Waals surface area contributed by atoms with Gasteiger partial charge in [0.05, 0.1) is 19.3 Å². The summed E-state index contributed by atoms with van der Waals surface area (Å²) in [7, 11) is 0. The Morgan fingerprint density at radius 1 is 1.19 bits per heavy atom. The highest BCUT2D eigenvalue weighted by Crippen LogP contribution is 2.26. The summed E-state index contributed by atoms with van der Waals surface area (Å²) in [5.41, 5.74) is 3.21. The Morgan fingerprint density at radius 2 is 1.90 bits per heavy atom. The number of aliphatic hydroxyl groups excluding tert-OH is 1. The van der Waals surface area contributed by atoms with Gasteiger partial charge in [-0.2, -0.15) is 0 Å².